The SMILES string of the molecule is CCC[C@@H](COS(C)(=O)=O)NC(=O)OC(C)(C)C. The summed E-state index contributed by atoms with van der Waals surface area (Å²) < 4.78 is 31.5. The van der Waals surface area contributed by atoms with Crippen LogP contribution in [0.5, 0.6) is 0 Å². The molecule has 6 nitrogen and oxygen atoms in total. The molecule has 0 saturated heterocycles. The van der Waals surface area contributed by atoms with Gasteiger partial charge in [0.2, 0.25) is 0 Å². The molecular weight excluding hydrogens is 258 g/mol. The van der Waals surface area contributed by atoms with Crippen LogP contribution in [0.15, 0.2) is 0 Å². The van der Waals surface area contributed by atoms with Crippen molar-refractivity contribution in [2.45, 2.75) is 52.2 Å². The van der Waals surface area contributed by atoms with Crippen molar-refractivity contribution in [1.29, 1.82) is 0 Å². The first-order valence-electron chi connectivity index (χ1n) is 5.87. The molecule has 0 radical (unpaired) electrons. The van der Waals surface area contributed by atoms with Crippen LogP contribution in [0.4, 0.5) is 4.79 Å². The highest BCUT2D eigenvalue weighted by Gasteiger charge is 2.20. The lowest BCUT2D eigenvalue weighted by Gasteiger charge is -2.23. The van der Waals surface area contributed by atoms with Crippen LogP contribution in [0.1, 0.15) is 40.5 Å². The summed E-state index contributed by atoms with van der Waals surface area (Å²) in [7, 11) is -3.50. The van der Waals surface area contributed by atoms with Gasteiger partial charge in [-0.15, -0.1) is 0 Å². The fraction of sp³-hybridized carbons (Fsp3) is 0.909. The van der Waals surface area contributed by atoms with Gasteiger partial charge in [0, 0.05) is 0 Å². The standard InChI is InChI=1S/C11H23NO5S/c1-6-7-9(8-16-18(5,14)15)12-10(13)17-11(2,3)4/h9H,6-8H2,1-5H3,(H,12,13)/t9-/m0/s1. The quantitative estimate of drug-likeness (QED) is 0.749. The van der Waals surface area contributed by atoms with Gasteiger partial charge in [-0.25, -0.2) is 4.79 Å². The number of hydrogen-bond donors (Lipinski definition) is 1. The first-order valence-corrected chi connectivity index (χ1v) is 7.69. The number of carbonyl (C=O) groups is 1. The highest BCUT2D eigenvalue weighted by molar-refractivity contribution is 7.85. The van der Waals surface area contributed by atoms with Gasteiger partial charge < -0.3 is 10.1 Å². The van der Waals surface area contributed by atoms with E-state index in [0.29, 0.717) is 6.42 Å². The van der Waals surface area contributed by atoms with Gasteiger partial charge in [0.1, 0.15) is 5.60 Å². The van der Waals surface area contributed by atoms with Gasteiger partial charge in [0.05, 0.1) is 18.9 Å². The topological polar surface area (TPSA) is 81.7 Å². The Morgan fingerprint density at radius 3 is 2.28 bits per heavy atom. The Kier molecular flexibility index (Phi) is 6.62. The third kappa shape index (κ3) is 10.3. The van der Waals surface area contributed by atoms with E-state index in [1.54, 1.807) is 20.8 Å². The molecule has 1 atom stereocenters. The number of nitrogens with one attached hydrogen (secondary N) is 1. The molecule has 0 aromatic heterocycles. The number of rotatable bonds is 6. The minimum absolute atomic E-state index is 0.0775. The van der Waals surface area contributed by atoms with Crippen molar-refractivity contribution in [2.75, 3.05) is 12.9 Å². The van der Waals surface area contributed by atoms with Gasteiger partial charge in [-0.3, -0.25) is 4.18 Å². The van der Waals surface area contributed by atoms with Crippen molar-refractivity contribution >= 4 is 16.2 Å². The summed E-state index contributed by atoms with van der Waals surface area (Å²) in [5.41, 5.74) is -0.585. The molecule has 0 rings (SSSR count). The van der Waals surface area contributed by atoms with E-state index in [2.05, 4.69) is 9.50 Å². The zero-order valence-electron chi connectivity index (χ0n) is 11.6. The van der Waals surface area contributed by atoms with Gasteiger partial charge in [-0.1, -0.05) is 13.3 Å². The molecule has 18 heavy (non-hydrogen) atoms. The molecule has 0 aliphatic heterocycles. The van der Waals surface area contributed by atoms with Crippen molar-refractivity contribution < 1.29 is 22.1 Å². The predicted octanol–water partition coefficient (Wildman–Crippen LogP) is 1.66. The molecule has 0 spiro atoms. The summed E-state index contributed by atoms with van der Waals surface area (Å²) in [6.45, 7) is 7.13. The average molecular weight is 281 g/mol. The lowest BCUT2D eigenvalue weighted by atomic mass is 10.2. The zero-order valence-corrected chi connectivity index (χ0v) is 12.5. The van der Waals surface area contributed by atoms with E-state index in [1.165, 1.54) is 0 Å². The van der Waals surface area contributed by atoms with E-state index in [-0.39, 0.29) is 12.6 Å². The van der Waals surface area contributed by atoms with Crippen LogP contribution in [-0.2, 0) is 19.0 Å². The van der Waals surface area contributed by atoms with E-state index in [4.69, 9.17) is 4.74 Å². The van der Waals surface area contributed by atoms with Crippen LogP contribution in [-0.4, -0.2) is 39.0 Å². The normalized spacial score (nSPS) is 14.1. The van der Waals surface area contributed by atoms with Crippen LogP contribution in [0.25, 0.3) is 0 Å². The van der Waals surface area contributed by atoms with Gasteiger partial charge in [-0.2, -0.15) is 8.42 Å². The summed E-state index contributed by atoms with van der Waals surface area (Å²) in [4.78, 5) is 11.5. The second kappa shape index (κ2) is 6.94. The summed E-state index contributed by atoms with van der Waals surface area (Å²) in [5, 5.41) is 2.60. The van der Waals surface area contributed by atoms with Crippen LogP contribution in [0.2, 0.25) is 0 Å². The Bertz CT molecular complexity index is 358. The van der Waals surface area contributed by atoms with Crippen LogP contribution in [0, 0.1) is 0 Å². The Hall–Kier alpha value is -0.820. The lowest BCUT2D eigenvalue weighted by Crippen LogP contribution is -2.41. The Labute approximate surface area is 109 Å². The van der Waals surface area contributed by atoms with Crippen molar-refractivity contribution in [3.8, 4) is 0 Å². The molecule has 7 heteroatoms. The number of carbonyl (C=O) groups excluding carboxylic acids is 1. The van der Waals surface area contributed by atoms with Crippen molar-refractivity contribution in [1.82, 2.24) is 5.32 Å². The van der Waals surface area contributed by atoms with E-state index < -0.39 is 21.8 Å². The molecule has 1 amide bonds. The largest absolute Gasteiger partial charge is 0.444 e. The first-order chi connectivity index (χ1) is 8.03. The van der Waals surface area contributed by atoms with Gasteiger partial charge in [0.25, 0.3) is 10.1 Å². The number of amides is 1. The fourth-order valence-electron chi connectivity index (χ4n) is 1.23. The van der Waals surface area contributed by atoms with Gasteiger partial charge in [-0.05, 0) is 27.2 Å². The minimum Gasteiger partial charge on any atom is -0.444 e. The second-order valence-electron chi connectivity index (χ2n) is 5.12. The van der Waals surface area contributed by atoms with Crippen LogP contribution >= 0.6 is 0 Å². The average Bonchev–Trinajstić information content (AvgIpc) is 2.10. The number of alkyl carbamates (subject to hydrolysis) is 1. The van der Waals surface area contributed by atoms with Gasteiger partial charge in [0.15, 0.2) is 0 Å². The predicted molar refractivity (Wildman–Crippen MR) is 68.9 cm³/mol. The molecule has 0 aromatic carbocycles. The molecule has 1 N–H and O–H groups in total. The van der Waals surface area contributed by atoms with Crippen molar-refractivity contribution in [3.05, 3.63) is 0 Å². The fourth-order valence-corrected chi connectivity index (χ4v) is 1.64. The summed E-state index contributed by atoms with van der Waals surface area (Å²) in [6, 6.07) is -0.375. The van der Waals surface area contributed by atoms with Gasteiger partial charge >= 0.3 is 6.09 Å². The third-order valence-electron chi connectivity index (χ3n) is 1.84. The van der Waals surface area contributed by atoms with Crippen LogP contribution in [0.3, 0.4) is 0 Å². The number of hydrogen-bond acceptors (Lipinski definition) is 5. The summed E-state index contributed by atoms with van der Waals surface area (Å²) in [6.07, 6.45) is 1.82. The maximum atomic E-state index is 11.5. The molecule has 0 aliphatic rings. The number of ether oxygens (including phenoxy) is 1. The Morgan fingerprint density at radius 1 is 1.33 bits per heavy atom. The molecular formula is C11H23NO5S. The molecule has 0 heterocycles. The van der Waals surface area contributed by atoms with Crippen LogP contribution < -0.4 is 5.32 Å². The zero-order chi connectivity index (χ0) is 14.4. The highest BCUT2D eigenvalue weighted by Crippen LogP contribution is 2.08. The smallest absolute Gasteiger partial charge is 0.407 e. The second-order valence-corrected chi connectivity index (χ2v) is 6.76. The lowest BCUT2D eigenvalue weighted by molar-refractivity contribution is 0.0485. The maximum absolute atomic E-state index is 11.5. The molecule has 0 unspecified atom stereocenters. The third-order valence-corrected chi connectivity index (χ3v) is 2.41. The van der Waals surface area contributed by atoms with E-state index in [1.807, 2.05) is 6.92 Å². The first kappa shape index (κ1) is 17.2. The summed E-state index contributed by atoms with van der Waals surface area (Å²) in [5.74, 6) is 0. The highest BCUT2D eigenvalue weighted by atomic mass is 32.2. The van der Waals surface area contributed by atoms with E-state index in [0.717, 1.165) is 12.7 Å². The van der Waals surface area contributed by atoms with Crippen molar-refractivity contribution in [3.63, 3.8) is 0 Å². The van der Waals surface area contributed by atoms with Crippen molar-refractivity contribution in [2.24, 2.45) is 0 Å². The maximum Gasteiger partial charge on any atom is 0.407 e. The molecule has 0 aliphatic carbocycles. The summed E-state index contributed by atoms with van der Waals surface area (Å²) >= 11 is 0. The Balaban J connectivity index is 4.31. The van der Waals surface area contributed by atoms with E-state index in [9.17, 15) is 13.2 Å². The molecule has 0 bridgehead atoms. The monoisotopic (exact) mass is 281 g/mol. The molecule has 0 fully saturated rings. The molecule has 0 aromatic rings. The molecule has 108 valence electrons. The van der Waals surface area contributed by atoms with E-state index >= 15 is 0 Å². The molecule has 0 saturated carbocycles. The Morgan fingerprint density at radius 2 is 1.89 bits per heavy atom. The minimum atomic E-state index is -3.50.